The highest BCUT2D eigenvalue weighted by Gasteiger charge is 2.05. The van der Waals surface area contributed by atoms with Crippen molar-refractivity contribution in [1.29, 1.82) is 0 Å². The van der Waals surface area contributed by atoms with E-state index in [4.69, 9.17) is 5.73 Å². The summed E-state index contributed by atoms with van der Waals surface area (Å²) < 4.78 is 0.822. The molecule has 2 rings (SSSR count). The second-order valence-electron chi connectivity index (χ2n) is 3.33. The quantitative estimate of drug-likeness (QED) is 0.917. The second kappa shape index (κ2) is 4.45. The number of halogens is 1. The van der Waals surface area contributed by atoms with E-state index in [0.29, 0.717) is 5.56 Å². The van der Waals surface area contributed by atoms with Crippen LogP contribution in [0.25, 0.3) is 11.1 Å². The van der Waals surface area contributed by atoms with Gasteiger partial charge in [-0.3, -0.25) is 9.78 Å². The third kappa shape index (κ3) is 2.28. The van der Waals surface area contributed by atoms with Crippen LogP contribution in [-0.2, 0) is 0 Å². The number of rotatable bonds is 2. The number of primary amides is 1. The predicted molar refractivity (Wildman–Crippen MR) is 65.9 cm³/mol. The lowest BCUT2D eigenvalue weighted by Gasteiger charge is -2.04. The first-order chi connectivity index (χ1) is 7.66. The fourth-order valence-electron chi connectivity index (χ4n) is 1.43. The van der Waals surface area contributed by atoms with Crippen molar-refractivity contribution in [2.75, 3.05) is 0 Å². The van der Waals surface area contributed by atoms with Crippen molar-refractivity contribution in [3.05, 3.63) is 52.8 Å². The van der Waals surface area contributed by atoms with Gasteiger partial charge in [0, 0.05) is 28.0 Å². The number of hydrogen-bond donors (Lipinski definition) is 1. The number of amides is 1. The Morgan fingerprint density at radius 1 is 1.25 bits per heavy atom. The van der Waals surface area contributed by atoms with Crippen LogP contribution < -0.4 is 5.73 Å². The molecule has 0 saturated carbocycles. The van der Waals surface area contributed by atoms with Gasteiger partial charge < -0.3 is 5.73 Å². The Morgan fingerprint density at radius 2 is 2.06 bits per heavy atom. The lowest BCUT2D eigenvalue weighted by atomic mass is 10.0. The zero-order valence-electron chi connectivity index (χ0n) is 8.35. The number of aromatic nitrogens is 1. The number of carbonyl (C=O) groups is 1. The van der Waals surface area contributed by atoms with E-state index in [1.807, 2.05) is 18.2 Å². The first-order valence-electron chi connectivity index (χ1n) is 4.67. The highest BCUT2D eigenvalue weighted by atomic mass is 79.9. The van der Waals surface area contributed by atoms with Crippen molar-refractivity contribution in [2.45, 2.75) is 0 Å². The maximum absolute atomic E-state index is 11.1. The molecule has 1 amide bonds. The van der Waals surface area contributed by atoms with Crippen LogP contribution in [0.5, 0.6) is 0 Å². The van der Waals surface area contributed by atoms with Gasteiger partial charge in [0.05, 0.1) is 0 Å². The summed E-state index contributed by atoms with van der Waals surface area (Å²) in [5.41, 5.74) is 7.60. The van der Waals surface area contributed by atoms with Gasteiger partial charge in [0.1, 0.15) is 0 Å². The maximum Gasteiger partial charge on any atom is 0.248 e. The SMILES string of the molecule is NC(=O)c1cc(Br)cc(-c2cccnc2)c1. The Labute approximate surface area is 101 Å². The van der Waals surface area contributed by atoms with E-state index in [2.05, 4.69) is 20.9 Å². The number of pyridine rings is 1. The molecule has 0 unspecified atom stereocenters. The Bertz CT molecular complexity index is 526. The van der Waals surface area contributed by atoms with Crippen molar-refractivity contribution in [3.8, 4) is 11.1 Å². The number of nitrogens with zero attached hydrogens (tertiary/aromatic N) is 1. The Morgan fingerprint density at radius 3 is 2.69 bits per heavy atom. The number of benzene rings is 1. The zero-order chi connectivity index (χ0) is 11.5. The minimum absolute atomic E-state index is 0.438. The second-order valence-corrected chi connectivity index (χ2v) is 4.25. The average molecular weight is 277 g/mol. The Balaban J connectivity index is 2.54. The Kier molecular flexibility index (Phi) is 3.01. The van der Waals surface area contributed by atoms with E-state index in [0.717, 1.165) is 15.6 Å². The number of nitrogens with two attached hydrogens (primary N) is 1. The molecule has 0 atom stereocenters. The molecule has 0 aliphatic rings. The molecule has 3 nitrogen and oxygen atoms in total. The molecule has 0 bridgehead atoms. The molecule has 1 aromatic carbocycles. The van der Waals surface area contributed by atoms with E-state index in [1.165, 1.54) is 0 Å². The molecule has 0 spiro atoms. The molecule has 80 valence electrons. The minimum atomic E-state index is -0.438. The molecular weight excluding hydrogens is 268 g/mol. The van der Waals surface area contributed by atoms with Crippen LogP contribution in [0.4, 0.5) is 0 Å². The van der Waals surface area contributed by atoms with E-state index in [9.17, 15) is 4.79 Å². The fraction of sp³-hybridized carbons (Fsp3) is 0. The first kappa shape index (κ1) is 10.8. The summed E-state index contributed by atoms with van der Waals surface area (Å²) in [6.07, 6.45) is 3.45. The van der Waals surface area contributed by atoms with E-state index in [-0.39, 0.29) is 0 Å². The van der Waals surface area contributed by atoms with Crippen LogP contribution in [0, 0.1) is 0 Å². The van der Waals surface area contributed by atoms with Crippen LogP contribution >= 0.6 is 15.9 Å². The molecule has 4 heteroatoms. The lowest BCUT2D eigenvalue weighted by molar-refractivity contribution is 0.100. The van der Waals surface area contributed by atoms with Crippen molar-refractivity contribution >= 4 is 21.8 Å². The molecule has 0 fully saturated rings. The molecule has 2 aromatic rings. The Hall–Kier alpha value is -1.68. The van der Waals surface area contributed by atoms with Gasteiger partial charge in [-0.1, -0.05) is 22.0 Å². The van der Waals surface area contributed by atoms with E-state index < -0.39 is 5.91 Å². The van der Waals surface area contributed by atoms with Crippen LogP contribution in [-0.4, -0.2) is 10.9 Å². The number of hydrogen-bond acceptors (Lipinski definition) is 2. The summed E-state index contributed by atoms with van der Waals surface area (Å²) in [7, 11) is 0. The van der Waals surface area contributed by atoms with Gasteiger partial charge in [-0.2, -0.15) is 0 Å². The average Bonchev–Trinajstić information content (AvgIpc) is 2.29. The topological polar surface area (TPSA) is 56.0 Å². The zero-order valence-corrected chi connectivity index (χ0v) is 9.94. The molecular formula is C12H9BrN2O. The van der Waals surface area contributed by atoms with Crippen LogP contribution in [0.2, 0.25) is 0 Å². The minimum Gasteiger partial charge on any atom is -0.366 e. The summed E-state index contributed by atoms with van der Waals surface area (Å²) in [5.74, 6) is -0.438. The van der Waals surface area contributed by atoms with Crippen LogP contribution in [0.15, 0.2) is 47.2 Å². The largest absolute Gasteiger partial charge is 0.366 e. The third-order valence-corrected chi connectivity index (χ3v) is 2.64. The first-order valence-corrected chi connectivity index (χ1v) is 5.47. The molecule has 2 N–H and O–H groups in total. The molecule has 16 heavy (non-hydrogen) atoms. The highest BCUT2D eigenvalue weighted by molar-refractivity contribution is 9.10. The smallest absolute Gasteiger partial charge is 0.248 e. The van der Waals surface area contributed by atoms with Crippen molar-refractivity contribution in [1.82, 2.24) is 4.98 Å². The van der Waals surface area contributed by atoms with Gasteiger partial charge in [-0.05, 0) is 29.8 Å². The monoisotopic (exact) mass is 276 g/mol. The predicted octanol–water partition coefficient (Wildman–Crippen LogP) is 2.61. The third-order valence-electron chi connectivity index (χ3n) is 2.18. The summed E-state index contributed by atoms with van der Waals surface area (Å²) >= 11 is 3.35. The van der Waals surface area contributed by atoms with Gasteiger partial charge in [-0.25, -0.2) is 0 Å². The van der Waals surface area contributed by atoms with E-state index in [1.54, 1.807) is 24.5 Å². The fourth-order valence-corrected chi connectivity index (χ4v) is 1.93. The van der Waals surface area contributed by atoms with Crippen LogP contribution in [0.1, 0.15) is 10.4 Å². The summed E-state index contributed by atoms with van der Waals surface area (Å²) in [6.45, 7) is 0. The van der Waals surface area contributed by atoms with E-state index >= 15 is 0 Å². The molecule has 1 heterocycles. The molecule has 0 saturated heterocycles. The molecule has 0 aliphatic heterocycles. The van der Waals surface area contributed by atoms with Crippen molar-refractivity contribution in [3.63, 3.8) is 0 Å². The van der Waals surface area contributed by atoms with Crippen molar-refractivity contribution < 1.29 is 4.79 Å². The standard InChI is InChI=1S/C12H9BrN2O/c13-11-5-9(4-10(6-11)12(14)16)8-2-1-3-15-7-8/h1-7H,(H2,14,16). The maximum atomic E-state index is 11.1. The van der Waals surface area contributed by atoms with Gasteiger partial charge in [0.15, 0.2) is 0 Å². The summed E-state index contributed by atoms with van der Waals surface area (Å²) in [6, 6.07) is 9.15. The lowest BCUT2D eigenvalue weighted by Crippen LogP contribution is -2.10. The van der Waals surface area contributed by atoms with Gasteiger partial charge >= 0.3 is 0 Å². The summed E-state index contributed by atoms with van der Waals surface area (Å²) in [4.78, 5) is 15.2. The highest BCUT2D eigenvalue weighted by Crippen LogP contribution is 2.24. The van der Waals surface area contributed by atoms with Gasteiger partial charge in [0.25, 0.3) is 0 Å². The van der Waals surface area contributed by atoms with Gasteiger partial charge in [0.2, 0.25) is 5.91 Å². The van der Waals surface area contributed by atoms with Crippen molar-refractivity contribution in [2.24, 2.45) is 5.73 Å². The molecule has 0 aliphatic carbocycles. The summed E-state index contributed by atoms with van der Waals surface area (Å²) in [5, 5.41) is 0. The van der Waals surface area contributed by atoms with Crippen LogP contribution in [0.3, 0.4) is 0 Å². The van der Waals surface area contributed by atoms with Gasteiger partial charge in [-0.15, -0.1) is 0 Å². The molecule has 0 radical (unpaired) electrons. The number of carbonyl (C=O) groups excluding carboxylic acids is 1. The molecule has 1 aromatic heterocycles. The normalized spacial score (nSPS) is 10.1.